The number of esters is 4. The molecule has 6 atom stereocenters. The van der Waals surface area contributed by atoms with Gasteiger partial charge in [-0.15, -0.1) is 0 Å². The molecular formula is C34H29O12P. The van der Waals surface area contributed by atoms with E-state index in [1.807, 2.05) is 0 Å². The second-order valence-electron chi connectivity index (χ2n) is 10.1. The second-order valence-corrected chi connectivity index (χ2v) is 10.9. The van der Waals surface area contributed by atoms with Crippen LogP contribution in [0.25, 0.3) is 0 Å². The van der Waals surface area contributed by atoms with Crippen LogP contribution in [0.4, 0.5) is 0 Å². The Morgan fingerprint density at radius 2 is 0.872 bits per heavy atom. The van der Waals surface area contributed by atoms with E-state index in [4.69, 9.17) is 28.2 Å². The summed E-state index contributed by atoms with van der Waals surface area (Å²) in [6, 6.07) is 31.4. The van der Waals surface area contributed by atoms with Gasteiger partial charge < -0.3 is 33.1 Å². The number of rotatable bonds is 11. The average molecular weight is 661 g/mol. The molecule has 1 heterocycles. The average Bonchev–Trinajstić information content (AvgIpc) is 3.11. The van der Waals surface area contributed by atoms with Gasteiger partial charge in [-0.3, -0.25) is 4.57 Å². The molecule has 47 heavy (non-hydrogen) atoms. The summed E-state index contributed by atoms with van der Waals surface area (Å²) < 4.78 is 45.7. The normalized spacial score (nSPS) is 21.1. The minimum absolute atomic E-state index is 0.103. The zero-order valence-electron chi connectivity index (χ0n) is 24.6. The summed E-state index contributed by atoms with van der Waals surface area (Å²) >= 11 is 0. The summed E-state index contributed by atoms with van der Waals surface area (Å²) in [6.07, 6.45) is -8.22. The van der Waals surface area contributed by atoms with Crippen molar-refractivity contribution in [1.29, 1.82) is 0 Å². The first-order chi connectivity index (χ1) is 22.8. The molecule has 4 aromatic rings. The van der Waals surface area contributed by atoms with Crippen LogP contribution in [-0.4, -0.2) is 66.1 Å². The molecule has 5 rings (SSSR count). The van der Waals surface area contributed by atoms with Crippen molar-refractivity contribution in [3.8, 4) is 0 Å². The molecular weight excluding hydrogens is 631 g/mol. The molecule has 12 nitrogen and oxygen atoms in total. The van der Waals surface area contributed by atoms with Crippen molar-refractivity contribution in [3.05, 3.63) is 144 Å². The van der Waals surface area contributed by atoms with Crippen LogP contribution in [0.5, 0.6) is 0 Å². The SMILES string of the molecule is O=C(OC1OC(CO[PH](=O)O)C(OC(=O)c2ccccc2)C(OC(=O)c2ccccc2)C1OC(=O)c1ccccc1)c1ccccc1. The van der Waals surface area contributed by atoms with Crippen molar-refractivity contribution in [2.75, 3.05) is 6.61 Å². The number of hydrogen-bond donors (Lipinski definition) is 1. The lowest BCUT2D eigenvalue weighted by molar-refractivity contribution is -0.281. The number of ether oxygens (including phenoxy) is 5. The van der Waals surface area contributed by atoms with Crippen LogP contribution >= 0.6 is 8.25 Å². The Hall–Kier alpha value is -5.13. The summed E-state index contributed by atoms with van der Waals surface area (Å²) in [6.45, 7) is -0.668. The van der Waals surface area contributed by atoms with Gasteiger partial charge in [0.05, 0.1) is 28.9 Å². The van der Waals surface area contributed by atoms with Crippen molar-refractivity contribution in [1.82, 2.24) is 0 Å². The van der Waals surface area contributed by atoms with Crippen LogP contribution in [0.2, 0.25) is 0 Å². The lowest BCUT2D eigenvalue weighted by Crippen LogP contribution is -2.63. The second kappa shape index (κ2) is 15.9. The Kier molecular flexibility index (Phi) is 11.3. The maximum atomic E-state index is 13.5. The molecule has 1 fully saturated rings. The van der Waals surface area contributed by atoms with Crippen LogP contribution in [0.3, 0.4) is 0 Å². The van der Waals surface area contributed by atoms with Crippen LogP contribution in [0.15, 0.2) is 121 Å². The Morgan fingerprint density at radius 1 is 0.532 bits per heavy atom. The molecule has 0 amide bonds. The van der Waals surface area contributed by atoms with Crippen molar-refractivity contribution >= 4 is 32.1 Å². The topological polar surface area (TPSA) is 161 Å². The fourth-order valence-electron chi connectivity index (χ4n) is 4.71. The Morgan fingerprint density at radius 3 is 1.26 bits per heavy atom. The van der Waals surface area contributed by atoms with Gasteiger partial charge in [0, 0.05) is 0 Å². The quantitative estimate of drug-likeness (QED) is 0.135. The first kappa shape index (κ1) is 33.2. The van der Waals surface area contributed by atoms with E-state index in [1.54, 1.807) is 72.8 Å². The van der Waals surface area contributed by atoms with Crippen molar-refractivity contribution in [2.24, 2.45) is 0 Å². The molecule has 6 unspecified atom stereocenters. The summed E-state index contributed by atoms with van der Waals surface area (Å²) in [7, 11) is -3.54. The minimum atomic E-state index is -3.54. The highest BCUT2D eigenvalue weighted by atomic mass is 31.1. The monoisotopic (exact) mass is 660 g/mol. The third-order valence-corrected chi connectivity index (χ3v) is 7.37. The van der Waals surface area contributed by atoms with E-state index >= 15 is 0 Å². The predicted molar refractivity (Wildman–Crippen MR) is 165 cm³/mol. The summed E-state index contributed by atoms with van der Waals surface area (Å²) in [5.41, 5.74) is 0.446. The lowest BCUT2D eigenvalue weighted by atomic mass is 9.97. The van der Waals surface area contributed by atoms with Gasteiger partial charge in [-0.05, 0) is 48.5 Å². The zero-order valence-corrected chi connectivity index (χ0v) is 25.6. The maximum Gasteiger partial charge on any atom is 0.340 e. The van der Waals surface area contributed by atoms with E-state index in [9.17, 15) is 28.6 Å². The highest BCUT2D eigenvalue weighted by Gasteiger charge is 2.54. The fraction of sp³-hybridized carbons (Fsp3) is 0.176. The van der Waals surface area contributed by atoms with E-state index < -0.39 is 69.4 Å². The number of carbonyl (C=O) groups is 4. The molecule has 13 heteroatoms. The van der Waals surface area contributed by atoms with Crippen LogP contribution in [0.1, 0.15) is 41.4 Å². The highest BCUT2D eigenvalue weighted by molar-refractivity contribution is 7.32. The number of benzene rings is 4. The molecule has 0 aliphatic carbocycles. The van der Waals surface area contributed by atoms with E-state index in [2.05, 4.69) is 0 Å². The van der Waals surface area contributed by atoms with Gasteiger partial charge >= 0.3 is 32.1 Å². The first-order valence-corrected chi connectivity index (χ1v) is 15.6. The highest BCUT2D eigenvalue weighted by Crippen LogP contribution is 2.33. The van der Waals surface area contributed by atoms with Crippen LogP contribution in [-0.2, 0) is 32.8 Å². The molecule has 0 saturated carbocycles. The number of carbonyl (C=O) groups excluding carboxylic acids is 4. The van der Waals surface area contributed by atoms with E-state index in [-0.39, 0.29) is 22.3 Å². The molecule has 0 bridgehead atoms. The molecule has 1 saturated heterocycles. The van der Waals surface area contributed by atoms with Gasteiger partial charge in [0.2, 0.25) is 12.4 Å². The van der Waals surface area contributed by atoms with Crippen molar-refractivity contribution in [3.63, 3.8) is 0 Å². The molecule has 0 spiro atoms. The van der Waals surface area contributed by atoms with Crippen LogP contribution in [0, 0.1) is 0 Å². The summed E-state index contributed by atoms with van der Waals surface area (Å²) in [4.78, 5) is 62.9. The van der Waals surface area contributed by atoms with Crippen molar-refractivity contribution in [2.45, 2.75) is 30.7 Å². The third-order valence-electron chi connectivity index (χ3n) is 6.95. The first-order valence-electron chi connectivity index (χ1n) is 14.4. The van der Waals surface area contributed by atoms with E-state index in [0.29, 0.717) is 0 Å². The molecule has 242 valence electrons. The smallest absolute Gasteiger partial charge is 0.340 e. The molecule has 1 aliphatic heterocycles. The van der Waals surface area contributed by atoms with E-state index in [1.165, 1.54) is 48.5 Å². The molecule has 0 aromatic heterocycles. The predicted octanol–water partition coefficient (Wildman–Crippen LogP) is 4.64. The minimum Gasteiger partial charge on any atom is -0.452 e. The van der Waals surface area contributed by atoms with Gasteiger partial charge in [-0.25, -0.2) is 19.2 Å². The van der Waals surface area contributed by atoms with E-state index in [0.717, 1.165) is 0 Å². The molecule has 1 N–H and O–H groups in total. The summed E-state index contributed by atoms with van der Waals surface area (Å²) in [5.74, 6) is -3.57. The lowest BCUT2D eigenvalue weighted by Gasteiger charge is -2.44. The molecule has 1 aliphatic rings. The van der Waals surface area contributed by atoms with Crippen LogP contribution < -0.4 is 0 Å². The Balaban J connectivity index is 1.57. The van der Waals surface area contributed by atoms with Gasteiger partial charge in [0.1, 0.15) is 6.10 Å². The van der Waals surface area contributed by atoms with Crippen molar-refractivity contribution < 1.29 is 56.8 Å². The van der Waals surface area contributed by atoms with Gasteiger partial charge in [0.15, 0.2) is 12.2 Å². The third kappa shape index (κ3) is 8.78. The summed E-state index contributed by atoms with van der Waals surface area (Å²) in [5, 5.41) is 0. The largest absolute Gasteiger partial charge is 0.452 e. The maximum absolute atomic E-state index is 13.5. The van der Waals surface area contributed by atoms with Gasteiger partial charge in [0.25, 0.3) is 0 Å². The zero-order chi connectivity index (χ0) is 33.2. The Labute approximate surface area is 269 Å². The Bertz CT molecular complexity index is 1690. The molecule has 0 radical (unpaired) electrons. The number of hydrogen-bond acceptors (Lipinski definition) is 11. The molecule has 4 aromatic carbocycles. The van der Waals surface area contributed by atoms with Gasteiger partial charge in [-0.2, -0.15) is 0 Å². The standard InChI is InChI=1S/C34H29O12P/c35-30(22-13-5-1-6-14-22)43-27-26(21-41-47(39)40)42-34(46-33(38)25-19-11-4-12-20-25)29(45-32(37)24-17-9-3-10-18-24)28(27)44-31(36)23-15-7-2-8-16-23/h1-20,26-29,34,47H,21H2,(H,39,40). The van der Waals surface area contributed by atoms with Gasteiger partial charge in [-0.1, -0.05) is 72.8 Å². The fourth-order valence-corrected chi connectivity index (χ4v) is 5.01.